The molecule has 8 heteroatoms. The zero-order valence-corrected chi connectivity index (χ0v) is 14.1. The maximum atomic E-state index is 12.6. The van der Waals surface area contributed by atoms with E-state index in [0.717, 1.165) is 5.56 Å². The Labute approximate surface area is 143 Å². The van der Waals surface area contributed by atoms with Gasteiger partial charge in [-0.3, -0.25) is 4.79 Å². The molecular weight excluding hydrogens is 359 g/mol. The van der Waals surface area contributed by atoms with Crippen LogP contribution in [0.5, 0.6) is 0 Å². The van der Waals surface area contributed by atoms with Crippen LogP contribution >= 0.6 is 23.2 Å². The van der Waals surface area contributed by atoms with Crippen LogP contribution in [-0.4, -0.2) is 20.9 Å². The largest absolute Gasteiger partial charge is 0.308 e. The molecule has 120 valence electrons. The van der Waals surface area contributed by atoms with Gasteiger partial charge in [-0.25, -0.2) is 13.6 Å². The third kappa shape index (κ3) is 3.07. The summed E-state index contributed by atoms with van der Waals surface area (Å²) >= 11 is 11.8. The fourth-order valence-electron chi connectivity index (χ4n) is 2.55. The second-order valence-corrected chi connectivity index (χ2v) is 7.55. The average Bonchev–Trinajstić information content (AvgIpc) is 2.91. The van der Waals surface area contributed by atoms with Gasteiger partial charge in [0.2, 0.25) is 10.0 Å². The normalized spacial score (nSPS) is 14.0. The van der Waals surface area contributed by atoms with Gasteiger partial charge in [0.25, 0.3) is 5.91 Å². The minimum absolute atomic E-state index is 0.0417. The lowest BCUT2D eigenvalue weighted by atomic mass is 10.1. The molecule has 0 unspecified atom stereocenters. The molecule has 2 aromatic carbocycles. The van der Waals surface area contributed by atoms with Crippen LogP contribution in [0.15, 0.2) is 41.3 Å². The van der Waals surface area contributed by atoms with Gasteiger partial charge in [-0.1, -0.05) is 23.2 Å². The Balaban J connectivity index is 1.96. The van der Waals surface area contributed by atoms with Crippen molar-refractivity contribution in [3.8, 4) is 0 Å². The molecular formula is C15H12Cl2N2O3S. The molecule has 0 bridgehead atoms. The highest BCUT2D eigenvalue weighted by Crippen LogP contribution is 2.32. The van der Waals surface area contributed by atoms with Gasteiger partial charge in [-0.05, 0) is 48.4 Å². The highest BCUT2D eigenvalue weighted by molar-refractivity contribution is 7.89. The minimum Gasteiger partial charge on any atom is -0.308 e. The predicted octanol–water partition coefficient (Wildman–Crippen LogP) is 2.84. The molecule has 0 spiro atoms. The maximum Gasteiger partial charge on any atom is 0.258 e. The number of amides is 1. The molecule has 2 aromatic rings. The van der Waals surface area contributed by atoms with Crippen LogP contribution in [0.2, 0.25) is 10.0 Å². The first-order chi connectivity index (χ1) is 10.8. The maximum absolute atomic E-state index is 12.6. The average molecular weight is 371 g/mol. The third-order valence-electron chi connectivity index (χ3n) is 3.69. The predicted molar refractivity (Wildman–Crippen MR) is 89.7 cm³/mol. The number of nitrogens with two attached hydrogens (primary N) is 1. The Kier molecular flexibility index (Phi) is 4.10. The molecule has 0 atom stereocenters. The Morgan fingerprint density at radius 3 is 2.48 bits per heavy atom. The topological polar surface area (TPSA) is 80.5 Å². The van der Waals surface area contributed by atoms with E-state index in [4.69, 9.17) is 28.3 Å². The summed E-state index contributed by atoms with van der Waals surface area (Å²) in [6.45, 7) is 0.461. The second-order valence-electron chi connectivity index (χ2n) is 5.17. The zero-order valence-electron chi connectivity index (χ0n) is 11.8. The molecule has 0 fully saturated rings. The van der Waals surface area contributed by atoms with Gasteiger partial charge in [0.15, 0.2) is 0 Å². The van der Waals surface area contributed by atoms with Gasteiger partial charge < -0.3 is 4.90 Å². The van der Waals surface area contributed by atoms with Gasteiger partial charge in [-0.15, -0.1) is 0 Å². The monoisotopic (exact) mass is 370 g/mol. The van der Waals surface area contributed by atoms with Gasteiger partial charge in [0, 0.05) is 17.8 Å². The van der Waals surface area contributed by atoms with Gasteiger partial charge in [-0.2, -0.15) is 0 Å². The van der Waals surface area contributed by atoms with Gasteiger partial charge in [0.05, 0.1) is 14.9 Å². The molecule has 2 N–H and O–H groups in total. The number of hydrogen-bond donors (Lipinski definition) is 1. The molecule has 1 aliphatic heterocycles. The van der Waals surface area contributed by atoms with E-state index >= 15 is 0 Å². The molecule has 0 saturated heterocycles. The SMILES string of the molecule is NS(=O)(=O)c1ccc2c(c1)CCN2C(=O)c1ccc(Cl)c(Cl)c1. The number of hydrogen-bond acceptors (Lipinski definition) is 3. The Bertz CT molecular complexity index is 913. The first-order valence-corrected chi connectivity index (χ1v) is 9.00. The molecule has 5 nitrogen and oxygen atoms in total. The third-order valence-corrected chi connectivity index (χ3v) is 5.34. The number of carbonyl (C=O) groups excluding carboxylic acids is 1. The fraction of sp³-hybridized carbons (Fsp3) is 0.133. The standard InChI is InChI=1S/C15H12Cl2N2O3S/c16-12-3-1-10(8-13(12)17)15(20)19-6-5-9-7-11(23(18,21)22)2-4-14(9)19/h1-4,7-8H,5-6H2,(H2,18,21,22). The summed E-state index contributed by atoms with van der Waals surface area (Å²) in [6.07, 6.45) is 0.561. The molecule has 1 aliphatic rings. The second kappa shape index (κ2) is 5.79. The lowest BCUT2D eigenvalue weighted by Gasteiger charge is -2.18. The summed E-state index contributed by atoms with van der Waals surface area (Å²) in [5.41, 5.74) is 1.86. The number of nitrogens with zero attached hydrogens (tertiary/aromatic N) is 1. The highest BCUT2D eigenvalue weighted by Gasteiger charge is 2.27. The van der Waals surface area contributed by atoms with Crippen LogP contribution in [0.1, 0.15) is 15.9 Å². The van der Waals surface area contributed by atoms with Crippen LogP contribution in [-0.2, 0) is 16.4 Å². The van der Waals surface area contributed by atoms with Crippen LogP contribution in [0.25, 0.3) is 0 Å². The van der Waals surface area contributed by atoms with Crippen molar-refractivity contribution in [3.63, 3.8) is 0 Å². The van der Waals surface area contributed by atoms with Crippen LogP contribution in [0.3, 0.4) is 0 Å². The van der Waals surface area contributed by atoms with Crippen molar-refractivity contribution in [2.24, 2.45) is 5.14 Å². The summed E-state index contributed by atoms with van der Waals surface area (Å²) in [5.74, 6) is -0.217. The van der Waals surface area contributed by atoms with E-state index in [0.29, 0.717) is 34.3 Å². The molecule has 3 rings (SSSR count). The van der Waals surface area contributed by atoms with Gasteiger partial charge in [0.1, 0.15) is 0 Å². The summed E-state index contributed by atoms with van der Waals surface area (Å²) in [5, 5.41) is 5.82. The number of primary sulfonamides is 1. The number of sulfonamides is 1. The van der Waals surface area contributed by atoms with Crippen molar-refractivity contribution in [3.05, 3.63) is 57.6 Å². The first-order valence-electron chi connectivity index (χ1n) is 6.70. The number of rotatable bonds is 2. The van der Waals surface area contributed by atoms with E-state index in [1.54, 1.807) is 23.1 Å². The zero-order chi connectivity index (χ0) is 16.8. The Morgan fingerprint density at radius 1 is 1.09 bits per heavy atom. The van der Waals surface area contributed by atoms with Crippen molar-refractivity contribution >= 4 is 44.8 Å². The molecule has 0 aliphatic carbocycles. The Morgan fingerprint density at radius 2 is 1.83 bits per heavy atom. The number of fused-ring (bicyclic) bond motifs is 1. The molecule has 1 heterocycles. The fourth-order valence-corrected chi connectivity index (χ4v) is 3.41. The summed E-state index contributed by atoms with van der Waals surface area (Å²) in [7, 11) is -3.76. The molecule has 0 saturated carbocycles. The van der Waals surface area contributed by atoms with E-state index < -0.39 is 10.0 Å². The number of benzene rings is 2. The first kappa shape index (κ1) is 16.3. The molecule has 23 heavy (non-hydrogen) atoms. The van der Waals surface area contributed by atoms with E-state index in [9.17, 15) is 13.2 Å². The number of anilines is 1. The van der Waals surface area contributed by atoms with Crippen LogP contribution < -0.4 is 10.0 Å². The smallest absolute Gasteiger partial charge is 0.258 e. The lowest BCUT2D eigenvalue weighted by Crippen LogP contribution is -2.28. The van der Waals surface area contributed by atoms with E-state index in [2.05, 4.69) is 0 Å². The van der Waals surface area contributed by atoms with E-state index in [1.165, 1.54) is 18.2 Å². The van der Waals surface area contributed by atoms with Gasteiger partial charge >= 0.3 is 0 Å². The molecule has 0 radical (unpaired) electrons. The summed E-state index contributed by atoms with van der Waals surface area (Å²) < 4.78 is 22.8. The molecule has 1 amide bonds. The van der Waals surface area contributed by atoms with Crippen LogP contribution in [0.4, 0.5) is 5.69 Å². The van der Waals surface area contributed by atoms with E-state index in [-0.39, 0.29) is 10.8 Å². The van der Waals surface area contributed by atoms with Crippen molar-refractivity contribution < 1.29 is 13.2 Å². The van der Waals surface area contributed by atoms with E-state index in [1.807, 2.05) is 0 Å². The number of carbonyl (C=O) groups is 1. The van der Waals surface area contributed by atoms with Crippen molar-refractivity contribution in [1.82, 2.24) is 0 Å². The molecule has 0 aromatic heterocycles. The van der Waals surface area contributed by atoms with Crippen LogP contribution in [0, 0.1) is 0 Å². The quantitative estimate of drug-likeness (QED) is 0.882. The summed E-state index contributed by atoms with van der Waals surface area (Å²) in [6, 6.07) is 9.19. The highest BCUT2D eigenvalue weighted by atomic mass is 35.5. The van der Waals surface area contributed by atoms with Crippen molar-refractivity contribution in [2.75, 3.05) is 11.4 Å². The van der Waals surface area contributed by atoms with Crippen molar-refractivity contribution in [2.45, 2.75) is 11.3 Å². The summed E-state index contributed by atoms with van der Waals surface area (Å²) in [4.78, 5) is 14.3. The lowest BCUT2D eigenvalue weighted by molar-refractivity contribution is 0.0989. The Hall–Kier alpha value is -1.60. The minimum atomic E-state index is -3.76. The van der Waals surface area contributed by atoms with Crippen molar-refractivity contribution in [1.29, 1.82) is 0 Å². The number of halogens is 2.